The molecule has 2 saturated heterocycles. The Kier molecular flexibility index (Phi) is 6.28. The number of piperidine rings is 1. The molecule has 2 aliphatic rings. The maximum atomic E-state index is 12.8. The van der Waals surface area contributed by atoms with Crippen LogP contribution in [0.2, 0.25) is 0 Å². The van der Waals surface area contributed by atoms with Crippen molar-refractivity contribution in [2.45, 2.75) is 38.3 Å². The molecule has 2 fully saturated rings. The van der Waals surface area contributed by atoms with Gasteiger partial charge in [-0.2, -0.15) is 4.98 Å². The number of carbonyl (C=O) groups is 2. The number of rotatable bonds is 6. The molecular formula is C19H26N6O4S. The van der Waals surface area contributed by atoms with Gasteiger partial charge in [-0.15, -0.1) is 0 Å². The summed E-state index contributed by atoms with van der Waals surface area (Å²) in [6.07, 6.45) is 5.09. The number of carbonyl (C=O) groups excluding carboxylic acids is 2. The van der Waals surface area contributed by atoms with Gasteiger partial charge in [0.1, 0.15) is 17.6 Å². The number of ether oxygens (including phenoxy) is 1. The van der Waals surface area contributed by atoms with E-state index in [-0.39, 0.29) is 35.9 Å². The Morgan fingerprint density at radius 2 is 2.20 bits per heavy atom. The normalized spacial score (nSPS) is 21.7. The fourth-order valence-electron chi connectivity index (χ4n) is 3.90. The van der Waals surface area contributed by atoms with E-state index in [9.17, 15) is 14.4 Å². The molecule has 2 amide bonds. The van der Waals surface area contributed by atoms with Gasteiger partial charge in [0.2, 0.25) is 11.8 Å². The molecule has 2 aliphatic heterocycles. The van der Waals surface area contributed by atoms with Crippen LogP contribution in [0.4, 0.5) is 5.13 Å². The highest BCUT2D eigenvalue weighted by atomic mass is 32.1. The van der Waals surface area contributed by atoms with Crippen LogP contribution in [0.5, 0.6) is 0 Å². The zero-order chi connectivity index (χ0) is 21.1. The first kappa shape index (κ1) is 20.7. The lowest BCUT2D eigenvalue weighted by Crippen LogP contribution is -2.42. The number of nitrogens with zero attached hydrogens (tertiary/aromatic N) is 4. The summed E-state index contributed by atoms with van der Waals surface area (Å²) in [5.74, 6) is -0.314. The minimum Gasteiger partial charge on any atom is -0.376 e. The zero-order valence-corrected chi connectivity index (χ0v) is 17.7. The number of hydrogen-bond acceptors (Lipinski definition) is 8. The van der Waals surface area contributed by atoms with Crippen LogP contribution >= 0.6 is 11.3 Å². The van der Waals surface area contributed by atoms with Gasteiger partial charge < -0.3 is 20.3 Å². The Morgan fingerprint density at radius 3 is 2.97 bits per heavy atom. The van der Waals surface area contributed by atoms with Crippen molar-refractivity contribution in [1.82, 2.24) is 25.2 Å². The topological polar surface area (TPSA) is 118 Å². The van der Waals surface area contributed by atoms with Gasteiger partial charge in [-0.25, -0.2) is 4.98 Å². The second-order valence-electron chi connectivity index (χ2n) is 7.67. The van der Waals surface area contributed by atoms with E-state index in [2.05, 4.69) is 20.6 Å². The molecule has 0 spiro atoms. The molecule has 2 N–H and O–H groups in total. The highest BCUT2D eigenvalue weighted by Gasteiger charge is 2.27. The molecule has 0 radical (unpaired) electrons. The molecule has 2 aromatic heterocycles. The van der Waals surface area contributed by atoms with Gasteiger partial charge in [0.05, 0.1) is 12.0 Å². The summed E-state index contributed by atoms with van der Waals surface area (Å²) in [6, 6.07) is 0. The maximum absolute atomic E-state index is 12.8. The van der Waals surface area contributed by atoms with Crippen molar-refractivity contribution in [3.05, 3.63) is 16.7 Å². The average Bonchev–Trinajstić information content (AvgIpc) is 3.44. The molecule has 0 aliphatic carbocycles. The lowest BCUT2D eigenvalue weighted by Gasteiger charge is -2.31. The largest absolute Gasteiger partial charge is 0.376 e. The molecule has 0 saturated carbocycles. The predicted molar refractivity (Wildman–Crippen MR) is 113 cm³/mol. The van der Waals surface area contributed by atoms with Crippen molar-refractivity contribution in [3.63, 3.8) is 0 Å². The van der Waals surface area contributed by atoms with Crippen molar-refractivity contribution >= 4 is 38.6 Å². The SMILES string of the molecule is CNC(=O)[C@@H]1CCCN(c2nc3ncn(CC(=O)NC[C@@H]4CCCO4)c(=O)c3s2)C1. The van der Waals surface area contributed by atoms with Crippen molar-refractivity contribution in [1.29, 1.82) is 0 Å². The molecule has 162 valence electrons. The molecule has 0 aromatic carbocycles. The maximum Gasteiger partial charge on any atom is 0.273 e. The third-order valence-electron chi connectivity index (χ3n) is 5.55. The minimum absolute atomic E-state index is 0.0234. The van der Waals surface area contributed by atoms with Gasteiger partial charge in [0, 0.05) is 33.3 Å². The summed E-state index contributed by atoms with van der Waals surface area (Å²) in [7, 11) is 1.64. The van der Waals surface area contributed by atoms with Crippen molar-refractivity contribution in [2.75, 3.05) is 38.2 Å². The molecule has 10 nitrogen and oxygen atoms in total. The lowest BCUT2D eigenvalue weighted by atomic mass is 9.98. The quantitative estimate of drug-likeness (QED) is 0.662. The fourth-order valence-corrected chi connectivity index (χ4v) is 4.90. The van der Waals surface area contributed by atoms with E-state index in [1.54, 1.807) is 7.05 Å². The zero-order valence-electron chi connectivity index (χ0n) is 16.9. The molecule has 4 heterocycles. The van der Waals surface area contributed by atoms with Crippen LogP contribution in [0.3, 0.4) is 0 Å². The molecule has 2 aromatic rings. The van der Waals surface area contributed by atoms with Crippen molar-refractivity contribution < 1.29 is 14.3 Å². The summed E-state index contributed by atoms with van der Waals surface area (Å²) in [4.78, 5) is 47.9. The van der Waals surface area contributed by atoms with Gasteiger partial charge in [-0.3, -0.25) is 19.0 Å². The Labute approximate surface area is 177 Å². The van der Waals surface area contributed by atoms with E-state index < -0.39 is 0 Å². The van der Waals surface area contributed by atoms with E-state index in [0.29, 0.717) is 28.6 Å². The molecule has 4 rings (SSSR count). The summed E-state index contributed by atoms with van der Waals surface area (Å²) in [5.41, 5.74) is 0.0916. The van der Waals surface area contributed by atoms with E-state index in [1.807, 2.05) is 4.90 Å². The minimum atomic E-state index is -0.282. The Bertz CT molecular complexity index is 983. The van der Waals surface area contributed by atoms with Gasteiger partial charge in [-0.1, -0.05) is 11.3 Å². The first-order valence-corrected chi connectivity index (χ1v) is 11.1. The standard InChI is InChI=1S/C19H26N6O4S/c1-20-17(27)12-4-2-6-24(9-12)19-23-16-15(30-19)18(28)25(11-22-16)10-14(26)21-8-13-5-3-7-29-13/h11-13H,2-10H2,1H3,(H,20,27)(H,21,26)/t12-,13+/m1/s1. The fraction of sp³-hybridized carbons (Fsp3) is 0.632. The Balaban J connectivity index is 1.45. The van der Waals surface area contributed by atoms with E-state index in [1.165, 1.54) is 22.2 Å². The second-order valence-corrected chi connectivity index (χ2v) is 8.64. The highest BCUT2D eigenvalue weighted by molar-refractivity contribution is 7.22. The van der Waals surface area contributed by atoms with Crippen molar-refractivity contribution in [3.8, 4) is 0 Å². The monoisotopic (exact) mass is 434 g/mol. The van der Waals surface area contributed by atoms with Crippen LogP contribution < -0.4 is 21.1 Å². The molecule has 0 unspecified atom stereocenters. The van der Waals surface area contributed by atoms with Crippen LogP contribution in [-0.2, 0) is 20.9 Å². The average molecular weight is 435 g/mol. The van der Waals surface area contributed by atoms with Crippen molar-refractivity contribution in [2.24, 2.45) is 5.92 Å². The second kappa shape index (κ2) is 9.09. The number of aromatic nitrogens is 3. The first-order valence-electron chi connectivity index (χ1n) is 10.3. The molecule has 30 heavy (non-hydrogen) atoms. The summed E-state index contributed by atoms with van der Waals surface area (Å²) >= 11 is 1.26. The number of thiazole rings is 1. The van der Waals surface area contributed by atoms with Gasteiger partial charge >= 0.3 is 0 Å². The van der Waals surface area contributed by atoms with Gasteiger partial charge in [-0.05, 0) is 25.7 Å². The molecule has 2 atom stereocenters. The number of amides is 2. The van der Waals surface area contributed by atoms with Crippen LogP contribution in [-0.4, -0.2) is 65.7 Å². The number of fused-ring (bicyclic) bond motifs is 1. The molecular weight excluding hydrogens is 408 g/mol. The van der Waals surface area contributed by atoms with E-state index in [4.69, 9.17) is 4.74 Å². The van der Waals surface area contributed by atoms with E-state index >= 15 is 0 Å². The first-order chi connectivity index (χ1) is 14.5. The Hall–Kier alpha value is -2.53. The molecule has 0 bridgehead atoms. The highest BCUT2D eigenvalue weighted by Crippen LogP contribution is 2.29. The Morgan fingerprint density at radius 1 is 1.33 bits per heavy atom. The summed E-state index contributed by atoms with van der Waals surface area (Å²) in [6.45, 7) is 2.45. The summed E-state index contributed by atoms with van der Waals surface area (Å²) in [5, 5.41) is 6.20. The van der Waals surface area contributed by atoms with E-state index in [0.717, 1.165) is 38.8 Å². The van der Waals surface area contributed by atoms with Crippen LogP contribution in [0.15, 0.2) is 11.1 Å². The van der Waals surface area contributed by atoms with Gasteiger partial charge in [0.15, 0.2) is 10.8 Å². The lowest BCUT2D eigenvalue weighted by molar-refractivity contribution is -0.124. The van der Waals surface area contributed by atoms with Crippen LogP contribution in [0.25, 0.3) is 10.3 Å². The summed E-state index contributed by atoms with van der Waals surface area (Å²) < 4.78 is 7.22. The molecule has 11 heteroatoms. The number of nitrogens with one attached hydrogen (secondary N) is 2. The van der Waals surface area contributed by atoms with Gasteiger partial charge in [0.25, 0.3) is 5.56 Å². The predicted octanol–water partition coefficient (Wildman–Crippen LogP) is 0.111. The van der Waals surface area contributed by atoms with Crippen LogP contribution in [0, 0.1) is 5.92 Å². The van der Waals surface area contributed by atoms with Crippen LogP contribution in [0.1, 0.15) is 25.7 Å². The third kappa shape index (κ3) is 4.46. The number of anilines is 1. The third-order valence-corrected chi connectivity index (χ3v) is 6.64. The number of hydrogen-bond donors (Lipinski definition) is 2. The smallest absolute Gasteiger partial charge is 0.273 e.